The van der Waals surface area contributed by atoms with E-state index in [1.165, 1.54) is 6.42 Å². The first-order valence-corrected chi connectivity index (χ1v) is 7.01. The van der Waals surface area contributed by atoms with Gasteiger partial charge in [-0.2, -0.15) is 0 Å². The molecule has 0 saturated carbocycles. The molecule has 0 radical (unpaired) electrons. The van der Waals surface area contributed by atoms with Crippen molar-refractivity contribution in [2.24, 2.45) is 5.92 Å². The molecule has 0 aromatic heterocycles. The number of hydrogen-bond acceptors (Lipinski definition) is 4. The minimum absolute atomic E-state index is 0.305. The maximum Gasteiger partial charge on any atom is 0.0586 e. The lowest BCUT2D eigenvalue weighted by Crippen LogP contribution is -2.49. The Morgan fingerprint density at radius 1 is 1.41 bits per heavy atom. The zero-order valence-electron chi connectivity index (χ0n) is 10.9. The highest BCUT2D eigenvalue weighted by Gasteiger charge is 2.31. The van der Waals surface area contributed by atoms with Crippen molar-refractivity contribution in [2.45, 2.75) is 38.3 Å². The third kappa shape index (κ3) is 3.41. The molecule has 2 N–H and O–H groups in total. The molecule has 0 bridgehead atoms. The van der Waals surface area contributed by atoms with E-state index in [4.69, 9.17) is 4.74 Å². The average Bonchev–Trinajstić information content (AvgIpc) is 2.79. The minimum atomic E-state index is 0.305. The Labute approximate surface area is 104 Å². The van der Waals surface area contributed by atoms with Crippen LogP contribution in [0, 0.1) is 5.92 Å². The lowest BCUT2D eigenvalue weighted by atomic mass is 9.95. The molecule has 100 valence electrons. The zero-order chi connectivity index (χ0) is 12.1. The van der Waals surface area contributed by atoms with Crippen LogP contribution in [0.25, 0.3) is 0 Å². The fourth-order valence-corrected chi connectivity index (χ4v) is 3.15. The van der Waals surface area contributed by atoms with Gasteiger partial charge in [-0.05, 0) is 32.4 Å². The van der Waals surface area contributed by atoms with Crippen molar-refractivity contribution in [3.8, 4) is 0 Å². The van der Waals surface area contributed by atoms with Gasteiger partial charge in [-0.15, -0.1) is 0 Å². The predicted octanol–water partition coefficient (Wildman–Crippen LogP) is 0.458. The van der Waals surface area contributed by atoms with E-state index in [0.717, 1.165) is 45.7 Å². The quantitative estimate of drug-likeness (QED) is 0.735. The second kappa shape index (κ2) is 6.69. The summed E-state index contributed by atoms with van der Waals surface area (Å²) in [5.41, 5.74) is 0. The van der Waals surface area contributed by atoms with Crippen LogP contribution in [0.15, 0.2) is 0 Å². The number of ether oxygens (including phenoxy) is 1. The van der Waals surface area contributed by atoms with Gasteiger partial charge in [0.1, 0.15) is 0 Å². The van der Waals surface area contributed by atoms with Crippen molar-refractivity contribution in [1.82, 2.24) is 10.2 Å². The van der Waals surface area contributed by atoms with Crippen LogP contribution in [0.4, 0.5) is 0 Å². The summed E-state index contributed by atoms with van der Waals surface area (Å²) >= 11 is 0. The molecular formula is C13H26N2O2. The Morgan fingerprint density at radius 2 is 2.29 bits per heavy atom. The van der Waals surface area contributed by atoms with E-state index in [0.29, 0.717) is 24.6 Å². The van der Waals surface area contributed by atoms with Gasteiger partial charge in [0.25, 0.3) is 0 Å². The fraction of sp³-hybridized carbons (Fsp3) is 1.00. The third-order valence-electron chi connectivity index (χ3n) is 4.12. The van der Waals surface area contributed by atoms with Gasteiger partial charge in [-0.1, -0.05) is 6.92 Å². The van der Waals surface area contributed by atoms with E-state index in [1.54, 1.807) is 0 Å². The molecule has 3 unspecified atom stereocenters. The second-order valence-corrected chi connectivity index (χ2v) is 5.26. The molecule has 2 fully saturated rings. The summed E-state index contributed by atoms with van der Waals surface area (Å²) in [5.74, 6) is 0.579. The van der Waals surface area contributed by atoms with E-state index < -0.39 is 0 Å². The van der Waals surface area contributed by atoms with Crippen LogP contribution in [0.5, 0.6) is 0 Å². The fourth-order valence-electron chi connectivity index (χ4n) is 3.15. The highest BCUT2D eigenvalue weighted by Crippen LogP contribution is 2.22. The third-order valence-corrected chi connectivity index (χ3v) is 4.12. The average molecular weight is 242 g/mol. The first-order chi connectivity index (χ1) is 8.35. The molecule has 2 aliphatic heterocycles. The van der Waals surface area contributed by atoms with Gasteiger partial charge in [-0.3, -0.25) is 4.90 Å². The first kappa shape index (κ1) is 13.3. The summed E-state index contributed by atoms with van der Waals surface area (Å²) < 4.78 is 5.61. The largest absolute Gasteiger partial charge is 0.395 e. The smallest absolute Gasteiger partial charge is 0.0586 e. The van der Waals surface area contributed by atoms with Crippen molar-refractivity contribution < 1.29 is 9.84 Å². The van der Waals surface area contributed by atoms with Gasteiger partial charge in [0.05, 0.1) is 13.2 Å². The number of aliphatic hydroxyl groups excluding tert-OH is 1. The molecular weight excluding hydrogens is 216 g/mol. The maximum absolute atomic E-state index is 9.35. The lowest BCUT2D eigenvalue weighted by molar-refractivity contribution is 0.0116. The Hall–Kier alpha value is -0.160. The van der Waals surface area contributed by atoms with Crippen LogP contribution in [0.2, 0.25) is 0 Å². The highest BCUT2D eigenvalue weighted by molar-refractivity contribution is 4.86. The van der Waals surface area contributed by atoms with Gasteiger partial charge in [-0.25, -0.2) is 0 Å². The Balaban J connectivity index is 1.86. The molecule has 4 heteroatoms. The molecule has 0 aromatic rings. The molecule has 4 nitrogen and oxygen atoms in total. The monoisotopic (exact) mass is 242 g/mol. The van der Waals surface area contributed by atoms with Crippen molar-refractivity contribution >= 4 is 0 Å². The maximum atomic E-state index is 9.35. The summed E-state index contributed by atoms with van der Waals surface area (Å²) in [4.78, 5) is 2.45. The summed E-state index contributed by atoms with van der Waals surface area (Å²) in [6, 6.07) is 0.980. The van der Waals surface area contributed by atoms with E-state index >= 15 is 0 Å². The van der Waals surface area contributed by atoms with Gasteiger partial charge in [0, 0.05) is 31.2 Å². The molecule has 0 aliphatic carbocycles. The standard InChI is InChI=1S/C13H26N2O2/c1-2-14-13-5-7-17-10-11(13)8-15-6-3-4-12(15)9-16/h11-14,16H,2-10H2,1H3. The predicted molar refractivity (Wildman–Crippen MR) is 68.1 cm³/mol. The molecule has 2 heterocycles. The number of nitrogens with zero attached hydrogens (tertiary/aromatic N) is 1. The molecule has 2 aliphatic rings. The molecule has 17 heavy (non-hydrogen) atoms. The van der Waals surface area contributed by atoms with Crippen molar-refractivity contribution in [3.63, 3.8) is 0 Å². The molecule has 0 spiro atoms. The van der Waals surface area contributed by atoms with Crippen molar-refractivity contribution in [2.75, 3.05) is 39.5 Å². The van der Waals surface area contributed by atoms with E-state index in [-0.39, 0.29) is 0 Å². The van der Waals surface area contributed by atoms with E-state index in [2.05, 4.69) is 17.1 Å². The molecule has 2 rings (SSSR count). The summed E-state index contributed by atoms with van der Waals surface area (Å²) in [7, 11) is 0. The zero-order valence-corrected chi connectivity index (χ0v) is 10.9. The normalized spacial score (nSPS) is 35.3. The summed E-state index contributed by atoms with van der Waals surface area (Å²) in [6.07, 6.45) is 3.50. The van der Waals surface area contributed by atoms with Crippen molar-refractivity contribution in [3.05, 3.63) is 0 Å². The molecule has 0 amide bonds. The topological polar surface area (TPSA) is 44.7 Å². The van der Waals surface area contributed by atoms with Crippen molar-refractivity contribution in [1.29, 1.82) is 0 Å². The van der Waals surface area contributed by atoms with Crippen LogP contribution >= 0.6 is 0 Å². The Kier molecular flexibility index (Phi) is 5.22. The lowest BCUT2D eigenvalue weighted by Gasteiger charge is -2.36. The minimum Gasteiger partial charge on any atom is -0.395 e. The van der Waals surface area contributed by atoms with E-state index in [9.17, 15) is 5.11 Å². The summed E-state index contributed by atoms with van der Waals surface area (Å²) in [6.45, 7) is 7.47. The Morgan fingerprint density at radius 3 is 3.06 bits per heavy atom. The van der Waals surface area contributed by atoms with Gasteiger partial charge in [0.15, 0.2) is 0 Å². The summed E-state index contributed by atoms with van der Waals surface area (Å²) in [5, 5.41) is 12.9. The number of rotatable bonds is 5. The molecule has 3 atom stereocenters. The first-order valence-electron chi connectivity index (χ1n) is 7.01. The number of hydrogen-bond donors (Lipinski definition) is 2. The number of likely N-dealkylation sites (tertiary alicyclic amines) is 1. The number of nitrogens with one attached hydrogen (secondary N) is 1. The van der Waals surface area contributed by atoms with Crippen LogP contribution in [0.3, 0.4) is 0 Å². The van der Waals surface area contributed by atoms with Gasteiger partial charge < -0.3 is 15.2 Å². The van der Waals surface area contributed by atoms with Crippen LogP contribution in [-0.4, -0.2) is 61.5 Å². The van der Waals surface area contributed by atoms with E-state index in [1.807, 2.05) is 0 Å². The van der Waals surface area contributed by atoms with Gasteiger partial charge >= 0.3 is 0 Å². The molecule has 2 saturated heterocycles. The van der Waals surface area contributed by atoms with Crippen LogP contribution in [0.1, 0.15) is 26.2 Å². The Bertz CT molecular complexity index is 223. The highest BCUT2D eigenvalue weighted by atomic mass is 16.5. The second-order valence-electron chi connectivity index (χ2n) is 5.26. The van der Waals surface area contributed by atoms with Crippen LogP contribution in [-0.2, 0) is 4.74 Å². The number of aliphatic hydroxyl groups is 1. The van der Waals surface area contributed by atoms with Gasteiger partial charge in [0.2, 0.25) is 0 Å². The molecule has 0 aromatic carbocycles. The van der Waals surface area contributed by atoms with Crippen LogP contribution < -0.4 is 5.32 Å². The SMILES string of the molecule is CCNC1CCOCC1CN1CCCC1CO.